The molecule has 3 rings (SSSR count). The molecule has 0 fully saturated rings. The van der Waals surface area contributed by atoms with Crippen molar-refractivity contribution in [1.29, 1.82) is 0 Å². The number of hydrogen-bond donors (Lipinski definition) is 1. The predicted molar refractivity (Wildman–Crippen MR) is 84.2 cm³/mol. The molecule has 1 aromatic heterocycles. The summed E-state index contributed by atoms with van der Waals surface area (Å²) in [5.41, 5.74) is 8.77. The van der Waals surface area contributed by atoms with Crippen LogP contribution in [0.2, 0.25) is 0 Å². The fraction of sp³-hybridized carbons (Fsp3) is 0.267. The quantitative estimate of drug-likeness (QED) is 0.858. The lowest BCUT2D eigenvalue weighted by Gasteiger charge is -2.33. The second kappa shape index (κ2) is 5.17. The molecule has 0 bridgehead atoms. The summed E-state index contributed by atoms with van der Waals surface area (Å²) in [5.74, 6) is 1.22. The van der Waals surface area contributed by atoms with Gasteiger partial charge in [-0.3, -0.25) is 0 Å². The highest BCUT2D eigenvalue weighted by Crippen LogP contribution is 2.33. The Labute approximate surface area is 123 Å². The minimum Gasteiger partial charge on any atom is -0.388 e. The Kier molecular flexibility index (Phi) is 3.36. The molecule has 20 heavy (non-hydrogen) atoms. The average molecular weight is 284 g/mol. The normalized spacial score (nSPS) is 17.6. The van der Waals surface area contributed by atoms with Crippen LogP contribution in [-0.4, -0.2) is 21.5 Å². The SMILES string of the molecule is CC1Cc2ccccc2N(c2nccc(C(N)=S)n2)C1. The number of aromatic nitrogens is 2. The zero-order valence-electron chi connectivity index (χ0n) is 11.3. The van der Waals surface area contributed by atoms with Crippen LogP contribution in [0.3, 0.4) is 0 Å². The average Bonchev–Trinajstić information content (AvgIpc) is 2.46. The van der Waals surface area contributed by atoms with Gasteiger partial charge in [-0.25, -0.2) is 9.97 Å². The third-order valence-electron chi connectivity index (χ3n) is 3.48. The number of fused-ring (bicyclic) bond motifs is 1. The molecule has 4 nitrogen and oxygen atoms in total. The topological polar surface area (TPSA) is 55.0 Å². The molecule has 0 saturated heterocycles. The first-order valence-electron chi connectivity index (χ1n) is 6.63. The van der Waals surface area contributed by atoms with Gasteiger partial charge in [0.2, 0.25) is 5.95 Å². The van der Waals surface area contributed by atoms with Gasteiger partial charge in [0.05, 0.1) is 0 Å². The lowest BCUT2D eigenvalue weighted by Crippen LogP contribution is -2.32. The van der Waals surface area contributed by atoms with Crippen molar-refractivity contribution >= 4 is 28.8 Å². The van der Waals surface area contributed by atoms with E-state index < -0.39 is 0 Å². The number of hydrogen-bond acceptors (Lipinski definition) is 4. The summed E-state index contributed by atoms with van der Waals surface area (Å²) in [6, 6.07) is 10.1. The molecule has 1 atom stereocenters. The molecule has 0 amide bonds. The fourth-order valence-electron chi connectivity index (χ4n) is 2.60. The van der Waals surface area contributed by atoms with Gasteiger partial charge in [0.25, 0.3) is 0 Å². The zero-order valence-corrected chi connectivity index (χ0v) is 12.1. The molecule has 0 spiro atoms. The largest absolute Gasteiger partial charge is 0.388 e. The van der Waals surface area contributed by atoms with E-state index in [9.17, 15) is 0 Å². The van der Waals surface area contributed by atoms with Crippen LogP contribution < -0.4 is 10.6 Å². The number of nitrogens with zero attached hydrogens (tertiary/aromatic N) is 3. The van der Waals surface area contributed by atoms with Gasteiger partial charge in [0.1, 0.15) is 10.7 Å². The van der Waals surface area contributed by atoms with Gasteiger partial charge in [0, 0.05) is 18.4 Å². The molecule has 1 aliphatic rings. The van der Waals surface area contributed by atoms with Gasteiger partial charge < -0.3 is 10.6 Å². The molecular weight excluding hydrogens is 268 g/mol. The summed E-state index contributed by atoms with van der Waals surface area (Å²) < 4.78 is 0. The Hall–Kier alpha value is -2.01. The van der Waals surface area contributed by atoms with E-state index in [1.54, 1.807) is 12.3 Å². The minimum absolute atomic E-state index is 0.298. The number of para-hydroxylation sites is 1. The van der Waals surface area contributed by atoms with Crippen LogP contribution in [0.4, 0.5) is 11.6 Å². The molecule has 102 valence electrons. The second-order valence-corrected chi connectivity index (χ2v) is 5.59. The van der Waals surface area contributed by atoms with Crippen LogP contribution in [0, 0.1) is 5.92 Å². The Morgan fingerprint density at radius 2 is 2.15 bits per heavy atom. The van der Waals surface area contributed by atoms with E-state index in [1.165, 1.54) is 11.3 Å². The smallest absolute Gasteiger partial charge is 0.230 e. The Balaban J connectivity index is 2.06. The van der Waals surface area contributed by atoms with Crippen LogP contribution in [0.1, 0.15) is 18.2 Å². The molecule has 0 radical (unpaired) electrons. The molecule has 0 aliphatic carbocycles. The maximum absolute atomic E-state index is 5.66. The highest BCUT2D eigenvalue weighted by atomic mass is 32.1. The number of nitrogens with two attached hydrogens (primary N) is 1. The summed E-state index contributed by atoms with van der Waals surface area (Å²) in [7, 11) is 0. The van der Waals surface area contributed by atoms with Crippen molar-refractivity contribution in [2.24, 2.45) is 11.7 Å². The summed E-state index contributed by atoms with van der Waals surface area (Å²) >= 11 is 4.99. The van der Waals surface area contributed by atoms with E-state index in [0.29, 0.717) is 22.5 Å². The van der Waals surface area contributed by atoms with Crippen LogP contribution in [-0.2, 0) is 6.42 Å². The molecule has 2 N–H and O–H groups in total. The van der Waals surface area contributed by atoms with Gasteiger partial charge >= 0.3 is 0 Å². The zero-order chi connectivity index (χ0) is 14.1. The number of anilines is 2. The summed E-state index contributed by atoms with van der Waals surface area (Å²) in [5, 5.41) is 0. The van der Waals surface area contributed by atoms with E-state index >= 15 is 0 Å². The van der Waals surface area contributed by atoms with Crippen LogP contribution in [0.5, 0.6) is 0 Å². The van der Waals surface area contributed by atoms with E-state index in [2.05, 4.69) is 40.0 Å². The fourth-order valence-corrected chi connectivity index (χ4v) is 2.72. The first kappa shape index (κ1) is 13.0. The van der Waals surface area contributed by atoms with Gasteiger partial charge in [-0.05, 0) is 30.0 Å². The lowest BCUT2D eigenvalue weighted by atomic mass is 9.94. The standard InChI is InChI=1S/C15H16N4S/c1-10-8-11-4-2-3-5-13(11)19(9-10)15-17-7-6-12(18-15)14(16)20/h2-7,10H,8-9H2,1H3,(H2,16,20). The molecule has 2 heterocycles. The maximum Gasteiger partial charge on any atom is 0.230 e. The van der Waals surface area contributed by atoms with E-state index in [4.69, 9.17) is 18.0 Å². The lowest BCUT2D eigenvalue weighted by molar-refractivity contribution is 0.557. The van der Waals surface area contributed by atoms with E-state index in [1.807, 2.05) is 6.07 Å². The van der Waals surface area contributed by atoms with Gasteiger partial charge in [-0.1, -0.05) is 37.3 Å². The van der Waals surface area contributed by atoms with Crippen molar-refractivity contribution in [3.8, 4) is 0 Å². The van der Waals surface area contributed by atoms with E-state index in [0.717, 1.165) is 13.0 Å². The van der Waals surface area contributed by atoms with Crippen LogP contribution in [0.25, 0.3) is 0 Å². The Bertz CT molecular complexity index is 656. The van der Waals surface area contributed by atoms with E-state index in [-0.39, 0.29) is 0 Å². The second-order valence-electron chi connectivity index (χ2n) is 5.15. The Morgan fingerprint density at radius 1 is 1.35 bits per heavy atom. The number of benzene rings is 1. The highest BCUT2D eigenvalue weighted by molar-refractivity contribution is 7.80. The maximum atomic E-state index is 5.66. The predicted octanol–water partition coefficient (Wildman–Crippen LogP) is 2.44. The molecule has 1 aliphatic heterocycles. The van der Waals surface area contributed by atoms with Crippen molar-refractivity contribution in [1.82, 2.24) is 9.97 Å². The van der Waals surface area contributed by atoms with Crippen molar-refractivity contribution in [2.45, 2.75) is 13.3 Å². The summed E-state index contributed by atoms with van der Waals surface area (Å²) in [4.78, 5) is 11.3. The van der Waals surface area contributed by atoms with Crippen molar-refractivity contribution in [3.63, 3.8) is 0 Å². The van der Waals surface area contributed by atoms with Gasteiger partial charge in [-0.15, -0.1) is 0 Å². The van der Waals surface area contributed by atoms with Crippen LogP contribution >= 0.6 is 12.2 Å². The van der Waals surface area contributed by atoms with Gasteiger partial charge in [0.15, 0.2) is 0 Å². The molecule has 2 aromatic rings. The summed E-state index contributed by atoms with van der Waals surface area (Å²) in [6.45, 7) is 3.14. The van der Waals surface area contributed by atoms with Crippen LogP contribution in [0.15, 0.2) is 36.5 Å². The third kappa shape index (κ3) is 2.36. The van der Waals surface area contributed by atoms with Crippen molar-refractivity contribution in [2.75, 3.05) is 11.4 Å². The first-order chi connectivity index (χ1) is 9.65. The van der Waals surface area contributed by atoms with Gasteiger partial charge in [-0.2, -0.15) is 0 Å². The number of rotatable bonds is 2. The first-order valence-corrected chi connectivity index (χ1v) is 7.04. The highest BCUT2D eigenvalue weighted by Gasteiger charge is 2.24. The third-order valence-corrected chi connectivity index (χ3v) is 3.69. The van der Waals surface area contributed by atoms with Crippen molar-refractivity contribution < 1.29 is 0 Å². The Morgan fingerprint density at radius 3 is 2.95 bits per heavy atom. The molecule has 0 saturated carbocycles. The minimum atomic E-state index is 0.298. The van der Waals surface area contributed by atoms with Crippen molar-refractivity contribution in [3.05, 3.63) is 47.8 Å². The molecular formula is C15H16N4S. The molecule has 5 heteroatoms. The molecule has 1 unspecified atom stereocenters. The number of thiocarbonyl (C=S) groups is 1. The monoisotopic (exact) mass is 284 g/mol. The summed E-state index contributed by atoms with van der Waals surface area (Å²) in [6.07, 6.45) is 2.79. The molecule has 1 aromatic carbocycles.